The highest BCUT2D eigenvalue weighted by molar-refractivity contribution is 6.21. The number of hydrogen-bond donors (Lipinski definition) is 2. The van der Waals surface area contributed by atoms with Crippen LogP contribution in [0, 0.1) is 0 Å². The number of rotatable bonds is 8. The van der Waals surface area contributed by atoms with Gasteiger partial charge in [-0.3, -0.25) is 9.59 Å². The largest absolute Gasteiger partial charge is 0.494 e. The van der Waals surface area contributed by atoms with Crippen LogP contribution in [-0.4, -0.2) is 57.2 Å². The van der Waals surface area contributed by atoms with Gasteiger partial charge in [0.25, 0.3) is 5.91 Å². The first kappa shape index (κ1) is 21.5. The van der Waals surface area contributed by atoms with Crippen molar-refractivity contribution >= 4 is 17.5 Å². The summed E-state index contributed by atoms with van der Waals surface area (Å²) in [6.07, 6.45) is 2.33. The third kappa shape index (κ3) is 5.14. The number of piperazine rings is 1. The third-order valence-corrected chi connectivity index (χ3v) is 6.42. The van der Waals surface area contributed by atoms with Gasteiger partial charge in [0.05, 0.1) is 25.3 Å². The molecule has 2 N–H and O–H groups in total. The van der Waals surface area contributed by atoms with Crippen molar-refractivity contribution in [2.24, 2.45) is 0 Å². The molecule has 0 radical (unpaired) electrons. The highest BCUT2D eigenvalue weighted by Gasteiger charge is 2.46. The van der Waals surface area contributed by atoms with Crippen molar-refractivity contribution in [2.75, 3.05) is 44.2 Å². The Bertz CT molecular complexity index is 877. The number of carbonyl (C=O) groups is 2. The van der Waals surface area contributed by atoms with Gasteiger partial charge in [-0.1, -0.05) is 37.3 Å². The molecule has 2 amide bonds. The first-order valence-corrected chi connectivity index (χ1v) is 11.5. The molecule has 2 fully saturated rings. The highest BCUT2D eigenvalue weighted by atomic mass is 16.5. The second-order valence-corrected chi connectivity index (χ2v) is 8.56. The first-order chi connectivity index (χ1) is 15.2. The quantitative estimate of drug-likeness (QED) is 0.594. The van der Waals surface area contributed by atoms with Crippen molar-refractivity contribution in [3.8, 4) is 5.75 Å². The summed E-state index contributed by atoms with van der Waals surface area (Å²) in [4.78, 5) is 30.0. The minimum atomic E-state index is -0.251. The maximum Gasteiger partial charge on any atom is 0.292 e. The van der Waals surface area contributed by atoms with Crippen molar-refractivity contribution in [2.45, 2.75) is 32.2 Å². The van der Waals surface area contributed by atoms with Crippen LogP contribution in [0.2, 0.25) is 0 Å². The predicted molar refractivity (Wildman–Crippen MR) is 120 cm³/mol. The van der Waals surface area contributed by atoms with Crippen LogP contribution in [0.3, 0.4) is 0 Å². The van der Waals surface area contributed by atoms with E-state index >= 15 is 0 Å². The molecule has 1 atom stereocenters. The van der Waals surface area contributed by atoms with E-state index in [1.54, 1.807) is 4.90 Å². The lowest BCUT2D eigenvalue weighted by atomic mass is 10.1. The number of benzene rings is 2. The molecule has 0 saturated carbocycles. The number of anilines is 1. The predicted octanol–water partition coefficient (Wildman–Crippen LogP) is 0.133. The average molecular weight is 424 g/mol. The lowest BCUT2D eigenvalue weighted by Gasteiger charge is -2.32. The summed E-state index contributed by atoms with van der Waals surface area (Å²) < 4.78 is 5.61. The lowest BCUT2D eigenvalue weighted by Crippen LogP contribution is -3.30. The van der Waals surface area contributed by atoms with Crippen molar-refractivity contribution in [1.29, 1.82) is 0 Å². The molecular weight excluding hydrogens is 390 g/mol. The van der Waals surface area contributed by atoms with Crippen LogP contribution in [0.15, 0.2) is 54.6 Å². The van der Waals surface area contributed by atoms with Gasteiger partial charge in [0.15, 0.2) is 6.04 Å². The minimum absolute atomic E-state index is 0.0602. The van der Waals surface area contributed by atoms with E-state index in [0.717, 1.165) is 51.3 Å². The number of ether oxygens (including phenoxy) is 1. The molecule has 2 aliphatic rings. The van der Waals surface area contributed by atoms with Crippen LogP contribution in [-0.2, 0) is 16.0 Å². The number of carbonyl (C=O) groups excluding carboxylic acids is 2. The number of hydrogen-bond acceptors (Lipinski definition) is 3. The Hall–Kier alpha value is -2.70. The first-order valence-electron chi connectivity index (χ1n) is 11.5. The number of nitrogens with one attached hydrogen (secondary N) is 2. The fourth-order valence-corrected chi connectivity index (χ4v) is 4.62. The molecule has 164 valence electrons. The third-order valence-electron chi connectivity index (χ3n) is 6.42. The van der Waals surface area contributed by atoms with E-state index in [9.17, 15) is 9.59 Å². The van der Waals surface area contributed by atoms with E-state index in [-0.39, 0.29) is 17.9 Å². The zero-order chi connectivity index (χ0) is 21.6. The van der Waals surface area contributed by atoms with Crippen molar-refractivity contribution < 1.29 is 24.1 Å². The van der Waals surface area contributed by atoms with Crippen molar-refractivity contribution in [1.82, 2.24) is 0 Å². The van der Waals surface area contributed by atoms with E-state index in [0.29, 0.717) is 18.7 Å². The molecule has 2 aliphatic heterocycles. The molecule has 0 bridgehead atoms. The second-order valence-electron chi connectivity index (χ2n) is 8.56. The maximum absolute atomic E-state index is 13.1. The normalized spacial score (nSPS) is 23.9. The van der Waals surface area contributed by atoms with E-state index in [1.807, 2.05) is 24.3 Å². The molecule has 6 heteroatoms. The summed E-state index contributed by atoms with van der Waals surface area (Å²) in [5, 5.41) is 0. The van der Waals surface area contributed by atoms with Crippen LogP contribution in [0.5, 0.6) is 5.75 Å². The molecule has 0 unspecified atom stereocenters. The van der Waals surface area contributed by atoms with Crippen molar-refractivity contribution in [3.05, 3.63) is 60.2 Å². The summed E-state index contributed by atoms with van der Waals surface area (Å²) in [6, 6.07) is 17.6. The van der Waals surface area contributed by atoms with Gasteiger partial charge in [-0.05, 0) is 36.2 Å². The van der Waals surface area contributed by atoms with E-state index < -0.39 is 0 Å². The Morgan fingerprint density at radius 1 is 0.968 bits per heavy atom. The zero-order valence-electron chi connectivity index (χ0n) is 18.3. The molecule has 2 saturated heterocycles. The highest BCUT2D eigenvalue weighted by Crippen LogP contribution is 2.24. The molecule has 4 rings (SSSR count). The van der Waals surface area contributed by atoms with Crippen LogP contribution in [0.4, 0.5) is 5.69 Å². The standard InChI is InChI=1S/C25H31N3O3/c1-2-18-31-22-10-8-21(9-11-22)28-24(29)19-23(25(28)30)27-16-14-26(15-17-27)13-12-20-6-4-3-5-7-20/h3-11,23H,2,12-19H2,1H3/p+2/t23-/m0/s1. The Morgan fingerprint density at radius 3 is 2.35 bits per heavy atom. The second kappa shape index (κ2) is 10.1. The number of amides is 2. The van der Waals surface area contributed by atoms with Gasteiger partial charge in [0, 0.05) is 6.42 Å². The fourth-order valence-electron chi connectivity index (χ4n) is 4.62. The van der Waals surface area contributed by atoms with Gasteiger partial charge in [-0.15, -0.1) is 0 Å². The molecule has 2 aromatic carbocycles. The summed E-state index contributed by atoms with van der Waals surface area (Å²) in [5.74, 6) is 0.611. The topological polar surface area (TPSA) is 55.5 Å². The lowest BCUT2D eigenvalue weighted by molar-refractivity contribution is -1.02. The Labute approximate surface area is 184 Å². The summed E-state index contributed by atoms with van der Waals surface area (Å²) in [7, 11) is 0. The summed E-state index contributed by atoms with van der Waals surface area (Å²) in [6.45, 7) is 7.80. The van der Waals surface area contributed by atoms with Gasteiger partial charge in [-0.25, -0.2) is 4.90 Å². The fraction of sp³-hybridized carbons (Fsp3) is 0.440. The van der Waals surface area contributed by atoms with E-state index in [2.05, 4.69) is 37.3 Å². The summed E-state index contributed by atoms with van der Waals surface area (Å²) in [5.41, 5.74) is 2.02. The smallest absolute Gasteiger partial charge is 0.292 e. The molecule has 2 heterocycles. The average Bonchev–Trinajstić information content (AvgIpc) is 3.11. The Morgan fingerprint density at radius 2 is 1.68 bits per heavy atom. The number of imide groups is 1. The van der Waals surface area contributed by atoms with Gasteiger partial charge in [-0.2, -0.15) is 0 Å². The molecule has 0 aliphatic carbocycles. The molecule has 31 heavy (non-hydrogen) atoms. The number of quaternary nitrogens is 2. The zero-order valence-corrected chi connectivity index (χ0v) is 18.3. The molecule has 0 aromatic heterocycles. The maximum atomic E-state index is 13.1. The van der Waals surface area contributed by atoms with E-state index in [1.165, 1.54) is 15.4 Å². The number of nitrogens with zero attached hydrogens (tertiary/aromatic N) is 1. The van der Waals surface area contributed by atoms with Crippen molar-refractivity contribution in [3.63, 3.8) is 0 Å². The van der Waals surface area contributed by atoms with Crippen LogP contribution >= 0.6 is 0 Å². The minimum Gasteiger partial charge on any atom is -0.494 e. The van der Waals surface area contributed by atoms with Crippen LogP contribution in [0.1, 0.15) is 25.3 Å². The monoisotopic (exact) mass is 423 g/mol. The SMILES string of the molecule is CCCOc1ccc(N2C(=O)C[C@H]([NH+]3CC[NH+](CCc4ccccc4)CC3)C2=O)cc1. The Kier molecular flexibility index (Phi) is 6.99. The van der Waals surface area contributed by atoms with Gasteiger partial charge >= 0.3 is 0 Å². The van der Waals surface area contributed by atoms with Gasteiger partial charge < -0.3 is 14.5 Å². The molecule has 2 aromatic rings. The van der Waals surface area contributed by atoms with Gasteiger partial charge in [0.1, 0.15) is 31.9 Å². The Balaban J connectivity index is 1.31. The van der Waals surface area contributed by atoms with E-state index in [4.69, 9.17) is 4.74 Å². The molecule has 0 spiro atoms. The molecule has 6 nitrogen and oxygen atoms in total. The van der Waals surface area contributed by atoms with Crippen LogP contribution in [0.25, 0.3) is 0 Å². The summed E-state index contributed by atoms with van der Waals surface area (Å²) >= 11 is 0. The van der Waals surface area contributed by atoms with Crippen LogP contribution < -0.4 is 19.4 Å². The van der Waals surface area contributed by atoms with Gasteiger partial charge in [0.2, 0.25) is 5.91 Å². The molecular formula is C25H33N3O3+2.